The second-order valence-electron chi connectivity index (χ2n) is 9.25. The first kappa shape index (κ1) is 30.6. The molecule has 0 saturated heterocycles. The van der Waals surface area contributed by atoms with Gasteiger partial charge in [-0.15, -0.1) is 10.2 Å². The molecule has 3 aromatic carbocycles. The van der Waals surface area contributed by atoms with E-state index in [0.717, 1.165) is 37.1 Å². The van der Waals surface area contributed by atoms with Crippen molar-refractivity contribution >= 4 is 50.7 Å². The van der Waals surface area contributed by atoms with Crippen LogP contribution in [0.25, 0.3) is 5.69 Å². The van der Waals surface area contributed by atoms with Crippen LogP contribution < -0.4 is 15.4 Å². The molecule has 1 heterocycles. The van der Waals surface area contributed by atoms with Crippen LogP contribution >= 0.6 is 23.4 Å². The number of nitrogens with one attached hydrogen (secondary N) is 3. The van der Waals surface area contributed by atoms with Gasteiger partial charge in [-0.3, -0.25) is 9.36 Å². The Balaban J connectivity index is 1.36. The van der Waals surface area contributed by atoms with Gasteiger partial charge in [-0.2, -0.15) is 0 Å². The van der Waals surface area contributed by atoms with E-state index in [2.05, 4.69) is 32.5 Å². The molecule has 0 aliphatic heterocycles. The van der Waals surface area contributed by atoms with Crippen LogP contribution in [0, 0.1) is 0 Å². The van der Waals surface area contributed by atoms with E-state index in [-0.39, 0.29) is 16.6 Å². The molecule has 0 spiro atoms. The summed E-state index contributed by atoms with van der Waals surface area (Å²) in [6.07, 6.45) is 3.97. The van der Waals surface area contributed by atoms with Crippen molar-refractivity contribution < 1.29 is 13.2 Å². The highest BCUT2D eigenvalue weighted by Crippen LogP contribution is 2.24. The normalized spacial score (nSPS) is 11.4. The highest BCUT2D eigenvalue weighted by molar-refractivity contribution is 7.99. The second kappa shape index (κ2) is 15.0. The Morgan fingerprint density at radius 3 is 2.32 bits per heavy atom. The first-order chi connectivity index (χ1) is 19.9. The predicted molar refractivity (Wildman–Crippen MR) is 165 cm³/mol. The third-order valence-electron chi connectivity index (χ3n) is 6.11. The molecule has 9 nitrogen and oxygen atoms in total. The van der Waals surface area contributed by atoms with Crippen LogP contribution in [0.2, 0.25) is 5.02 Å². The van der Waals surface area contributed by atoms with Crippen molar-refractivity contribution in [2.75, 3.05) is 22.9 Å². The topological polar surface area (TPSA) is 118 Å². The number of amides is 1. The zero-order valence-corrected chi connectivity index (χ0v) is 25.1. The number of hydrogen-bond donors (Lipinski definition) is 3. The van der Waals surface area contributed by atoms with Gasteiger partial charge in [0.1, 0.15) is 0 Å². The van der Waals surface area contributed by atoms with Crippen molar-refractivity contribution in [2.45, 2.75) is 49.2 Å². The lowest BCUT2D eigenvalue weighted by Crippen LogP contribution is -2.24. The number of thioether (sulfide) groups is 1. The van der Waals surface area contributed by atoms with E-state index in [1.54, 1.807) is 12.1 Å². The summed E-state index contributed by atoms with van der Waals surface area (Å²) in [7, 11) is -3.59. The molecule has 0 fully saturated rings. The first-order valence-electron chi connectivity index (χ1n) is 13.4. The number of carbonyl (C=O) groups excluding carboxylic acids is 1. The van der Waals surface area contributed by atoms with Gasteiger partial charge in [-0.05, 0) is 67.1 Å². The molecule has 0 aliphatic carbocycles. The summed E-state index contributed by atoms with van der Waals surface area (Å²) < 4.78 is 29.6. The Morgan fingerprint density at radius 2 is 1.61 bits per heavy atom. The SMILES string of the molecule is CCCCCCNS(=O)(=O)c1ccc(NC(=O)CSc2nnc(CNc3ccc(Cl)cc3)n2-c2ccccc2)cc1. The van der Waals surface area contributed by atoms with Crippen LogP contribution in [0.15, 0.2) is 88.9 Å². The molecule has 0 saturated carbocycles. The van der Waals surface area contributed by atoms with Gasteiger partial charge in [0.05, 0.1) is 17.2 Å². The number of nitrogens with zero attached hydrogens (tertiary/aromatic N) is 3. The van der Waals surface area contributed by atoms with Crippen LogP contribution in [-0.4, -0.2) is 41.4 Å². The van der Waals surface area contributed by atoms with E-state index >= 15 is 0 Å². The number of carbonyl (C=O) groups is 1. The number of para-hydroxylation sites is 1. The molecule has 4 rings (SSSR count). The van der Waals surface area contributed by atoms with Gasteiger partial charge in [-0.1, -0.05) is 67.7 Å². The van der Waals surface area contributed by atoms with Crippen LogP contribution in [-0.2, 0) is 21.4 Å². The lowest BCUT2D eigenvalue weighted by Gasteiger charge is -2.12. The van der Waals surface area contributed by atoms with Gasteiger partial charge >= 0.3 is 0 Å². The first-order valence-corrected chi connectivity index (χ1v) is 16.2. The molecule has 12 heteroatoms. The Labute approximate surface area is 250 Å². The minimum Gasteiger partial charge on any atom is -0.378 e. The summed E-state index contributed by atoms with van der Waals surface area (Å²) in [6, 6.07) is 23.2. The van der Waals surface area contributed by atoms with E-state index in [1.807, 2.05) is 59.2 Å². The van der Waals surface area contributed by atoms with E-state index in [1.165, 1.54) is 23.9 Å². The number of rotatable bonds is 15. The van der Waals surface area contributed by atoms with E-state index < -0.39 is 10.0 Å². The van der Waals surface area contributed by atoms with Crippen molar-refractivity contribution in [1.29, 1.82) is 0 Å². The molecule has 3 N–H and O–H groups in total. The summed E-state index contributed by atoms with van der Waals surface area (Å²) in [4.78, 5) is 12.9. The minimum atomic E-state index is -3.59. The standard InChI is InChI=1S/C29H33ClN6O3S2/c1-2-3-4-8-19-32-41(38,39)26-17-15-24(16-18-26)33-28(37)21-40-29-35-34-27(36(29)25-9-6-5-7-10-25)20-31-23-13-11-22(30)12-14-23/h5-7,9-18,31-32H,2-4,8,19-21H2,1H3,(H,33,37). The fourth-order valence-electron chi connectivity index (χ4n) is 3.98. The van der Waals surface area contributed by atoms with Crippen molar-refractivity contribution in [3.05, 3.63) is 89.7 Å². The maximum Gasteiger partial charge on any atom is 0.240 e. The van der Waals surface area contributed by atoms with Crippen LogP contribution in [0.3, 0.4) is 0 Å². The monoisotopic (exact) mass is 612 g/mol. The molecule has 0 aliphatic rings. The molecule has 0 radical (unpaired) electrons. The highest BCUT2D eigenvalue weighted by atomic mass is 35.5. The lowest BCUT2D eigenvalue weighted by atomic mass is 10.2. The number of benzene rings is 3. The molecule has 216 valence electrons. The molecular weight excluding hydrogens is 580 g/mol. The Kier molecular flexibility index (Phi) is 11.2. The van der Waals surface area contributed by atoms with Crippen molar-refractivity contribution in [2.24, 2.45) is 0 Å². The fraction of sp³-hybridized carbons (Fsp3) is 0.276. The summed E-state index contributed by atoms with van der Waals surface area (Å²) in [5.74, 6) is 0.530. The van der Waals surface area contributed by atoms with Gasteiger partial charge in [0.25, 0.3) is 0 Å². The van der Waals surface area contributed by atoms with Crippen LogP contribution in [0.5, 0.6) is 0 Å². The number of anilines is 2. The van der Waals surface area contributed by atoms with Crippen molar-refractivity contribution in [1.82, 2.24) is 19.5 Å². The summed E-state index contributed by atoms with van der Waals surface area (Å²) in [6.45, 7) is 2.93. The fourth-order valence-corrected chi connectivity index (χ4v) is 5.95. The summed E-state index contributed by atoms with van der Waals surface area (Å²) in [5.41, 5.74) is 2.28. The number of halogens is 1. The summed E-state index contributed by atoms with van der Waals surface area (Å²) >= 11 is 7.25. The van der Waals surface area contributed by atoms with Crippen molar-refractivity contribution in [3.8, 4) is 5.69 Å². The van der Waals surface area contributed by atoms with Crippen molar-refractivity contribution in [3.63, 3.8) is 0 Å². The average Bonchev–Trinajstić information content (AvgIpc) is 3.39. The third kappa shape index (κ3) is 9.06. The minimum absolute atomic E-state index is 0.0922. The number of aromatic nitrogens is 3. The Morgan fingerprint density at radius 1 is 0.902 bits per heavy atom. The Hall–Kier alpha value is -3.38. The average molecular weight is 613 g/mol. The maximum atomic E-state index is 12.7. The highest BCUT2D eigenvalue weighted by Gasteiger charge is 2.17. The molecule has 0 unspecified atom stereocenters. The van der Waals surface area contributed by atoms with E-state index in [4.69, 9.17) is 11.6 Å². The molecule has 1 amide bonds. The van der Waals surface area contributed by atoms with Gasteiger partial charge in [-0.25, -0.2) is 13.1 Å². The largest absolute Gasteiger partial charge is 0.378 e. The molecule has 1 aromatic heterocycles. The van der Waals surface area contributed by atoms with Gasteiger partial charge in [0.15, 0.2) is 11.0 Å². The van der Waals surface area contributed by atoms with Gasteiger partial charge < -0.3 is 10.6 Å². The summed E-state index contributed by atoms with van der Waals surface area (Å²) in [5, 5.41) is 16.1. The zero-order chi connectivity index (χ0) is 29.1. The number of sulfonamides is 1. The molecular formula is C29H33ClN6O3S2. The van der Waals surface area contributed by atoms with E-state index in [9.17, 15) is 13.2 Å². The number of unbranched alkanes of at least 4 members (excludes halogenated alkanes) is 3. The smallest absolute Gasteiger partial charge is 0.240 e. The van der Waals surface area contributed by atoms with Crippen LogP contribution in [0.4, 0.5) is 11.4 Å². The Bertz CT molecular complexity index is 1510. The predicted octanol–water partition coefficient (Wildman–Crippen LogP) is 6.12. The lowest BCUT2D eigenvalue weighted by molar-refractivity contribution is -0.113. The van der Waals surface area contributed by atoms with Crippen LogP contribution in [0.1, 0.15) is 38.4 Å². The third-order valence-corrected chi connectivity index (χ3v) is 8.77. The zero-order valence-electron chi connectivity index (χ0n) is 22.7. The molecule has 41 heavy (non-hydrogen) atoms. The van der Waals surface area contributed by atoms with Gasteiger partial charge in [0.2, 0.25) is 15.9 Å². The molecule has 0 atom stereocenters. The quantitative estimate of drug-likeness (QED) is 0.109. The molecule has 0 bridgehead atoms. The van der Waals surface area contributed by atoms with Gasteiger partial charge in [0, 0.05) is 28.6 Å². The second-order valence-corrected chi connectivity index (χ2v) is 12.4. The molecule has 4 aromatic rings. The number of hydrogen-bond acceptors (Lipinski definition) is 7. The van der Waals surface area contributed by atoms with E-state index in [0.29, 0.717) is 34.8 Å². The maximum absolute atomic E-state index is 12.7.